The van der Waals surface area contributed by atoms with Crippen LogP contribution < -0.4 is 5.32 Å². The van der Waals surface area contributed by atoms with Gasteiger partial charge in [0.25, 0.3) is 0 Å². The first-order chi connectivity index (χ1) is 10.1. The summed E-state index contributed by atoms with van der Waals surface area (Å²) in [5.41, 5.74) is 1.05. The molecule has 0 saturated heterocycles. The van der Waals surface area contributed by atoms with Gasteiger partial charge in [0, 0.05) is 0 Å². The summed E-state index contributed by atoms with van der Waals surface area (Å²) in [7, 11) is 0. The van der Waals surface area contributed by atoms with Crippen molar-refractivity contribution < 1.29 is 4.79 Å². The number of aryl methyl sites for hydroxylation is 1. The van der Waals surface area contributed by atoms with Crippen LogP contribution in [-0.2, 0) is 11.3 Å². The van der Waals surface area contributed by atoms with E-state index >= 15 is 0 Å². The number of nitrogens with zero attached hydrogens (tertiary/aromatic N) is 2. The summed E-state index contributed by atoms with van der Waals surface area (Å²) in [6.07, 6.45) is 0.951. The van der Waals surface area contributed by atoms with Crippen LogP contribution in [0.4, 0.5) is 0 Å². The number of carbonyl (C=O) groups excluding carboxylic acids is 1. The largest absolute Gasteiger partial charge is 0.348 e. The van der Waals surface area contributed by atoms with Crippen LogP contribution in [-0.4, -0.2) is 21.1 Å². The molecule has 2 N–H and O–H groups in total. The molecule has 0 radical (unpaired) electrons. The molecule has 5 heteroatoms. The monoisotopic (exact) mass is 286 g/mol. The van der Waals surface area contributed by atoms with Gasteiger partial charge in [0.05, 0.1) is 12.5 Å². The first-order valence-electron chi connectivity index (χ1n) is 7.32. The van der Waals surface area contributed by atoms with Crippen molar-refractivity contribution >= 4 is 5.91 Å². The number of nitrogens with one attached hydrogen (secondary N) is 2. The van der Waals surface area contributed by atoms with Gasteiger partial charge < -0.3 is 5.32 Å². The zero-order chi connectivity index (χ0) is 15.2. The molecule has 0 fully saturated rings. The summed E-state index contributed by atoms with van der Waals surface area (Å²) in [6, 6.07) is 9.92. The van der Waals surface area contributed by atoms with Gasteiger partial charge >= 0.3 is 0 Å². The van der Waals surface area contributed by atoms with Gasteiger partial charge in [-0.15, -0.1) is 0 Å². The summed E-state index contributed by atoms with van der Waals surface area (Å²) in [5, 5.41) is 9.75. The fraction of sp³-hybridized carbons (Fsp3) is 0.438. The zero-order valence-electron chi connectivity index (χ0n) is 12.8. The summed E-state index contributed by atoms with van der Waals surface area (Å²) in [6.45, 7) is 6.40. The first kappa shape index (κ1) is 15.2. The summed E-state index contributed by atoms with van der Waals surface area (Å²) >= 11 is 0. The number of H-pyrrole nitrogens is 1. The lowest BCUT2D eigenvalue weighted by molar-refractivity contribution is -0.123. The molecule has 0 bridgehead atoms. The highest BCUT2D eigenvalue weighted by Gasteiger charge is 2.25. The minimum absolute atomic E-state index is 0.0259. The Labute approximate surface area is 125 Å². The Hall–Kier alpha value is -2.17. The Bertz CT molecular complexity index is 579. The topological polar surface area (TPSA) is 70.7 Å². The maximum Gasteiger partial charge on any atom is 0.228 e. The molecular formula is C16H22N4O. The Kier molecular flexibility index (Phi) is 5.09. The van der Waals surface area contributed by atoms with Crippen LogP contribution in [0.15, 0.2) is 30.3 Å². The van der Waals surface area contributed by atoms with E-state index in [2.05, 4.69) is 34.3 Å². The fourth-order valence-corrected chi connectivity index (χ4v) is 2.38. The molecular weight excluding hydrogens is 264 g/mol. The van der Waals surface area contributed by atoms with Crippen molar-refractivity contribution in [1.29, 1.82) is 0 Å². The maximum absolute atomic E-state index is 12.5. The molecule has 2 atom stereocenters. The molecule has 21 heavy (non-hydrogen) atoms. The standard InChI is InChI=1S/C16H22N4O/c1-4-11(2)15(13-8-6-5-7-9-13)16(21)17-10-14-18-12(3)19-20-14/h5-9,11,15H,4,10H2,1-3H3,(H,17,21)(H,18,19,20)/t11-,15+/m1/s1. The number of carbonyl (C=O) groups is 1. The lowest BCUT2D eigenvalue weighted by Crippen LogP contribution is -2.32. The number of hydrogen-bond acceptors (Lipinski definition) is 3. The second-order valence-electron chi connectivity index (χ2n) is 5.33. The first-order valence-corrected chi connectivity index (χ1v) is 7.32. The van der Waals surface area contributed by atoms with Crippen molar-refractivity contribution in [3.8, 4) is 0 Å². The van der Waals surface area contributed by atoms with E-state index in [1.165, 1.54) is 0 Å². The van der Waals surface area contributed by atoms with Gasteiger partial charge in [-0.2, -0.15) is 5.10 Å². The molecule has 0 spiro atoms. The molecule has 5 nitrogen and oxygen atoms in total. The summed E-state index contributed by atoms with van der Waals surface area (Å²) in [4.78, 5) is 16.7. The number of benzene rings is 1. The number of amides is 1. The number of aromatic amines is 1. The Morgan fingerprint density at radius 1 is 1.33 bits per heavy atom. The minimum Gasteiger partial charge on any atom is -0.348 e. The summed E-state index contributed by atoms with van der Waals surface area (Å²) in [5.74, 6) is 1.52. The van der Waals surface area contributed by atoms with Crippen LogP contribution in [0.2, 0.25) is 0 Å². The molecule has 0 saturated carbocycles. The molecule has 0 aliphatic heterocycles. The highest BCUT2D eigenvalue weighted by Crippen LogP contribution is 2.27. The lowest BCUT2D eigenvalue weighted by atomic mass is 9.85. The average Bonchev–Trinajstić information content (AvgIpc) is 2.92. The molecule has 2 aromatic rings. The van der Waals surface area contributed by atoms with Gasteiger partial charge in [-0.1, -0.05) is 50.6 Å². The van der Waals surface area contributed by atoms with Crippen molar-refractivity contribution in [2.45, 2.75) is 39.7 Å². The lowest BCUT2D eigenvalue weighted by Gasteiger charge is -2.22. The number of rotatable bonds is 6. The van der Waals surface area contributed by atoms with E-state index in [9.17, 15) is 4.79 Å². The Balaban J connectivity index is 2.08. The van der Waals surface area contributed by atoms with E-state index in [0.717, 1.165) is 17.8 Å². The third kappa shape index (κ3) is 3.90. The van der Waals surface area contributed by atoms with Crippen LogP contribution in [0, 0.1) is 12.8 Å². The van der Waals surface area contributed by atoms with Crippen molar-refractivity contribution in [2.75, 3.05) is 0 Å². The second-order valence-corrected chi connectivity index (χ2v) is 5.33. The van der Waals surface area contributed by atoms with E-state index in [1.807, 2.05) is 37.3 Å². The molecule has 1 aromatic carbocycles. The minimum atomic E-state index is -0.142. The molecule has 1 aromatic heterocycles. The number of hydrogen-bond donors (Lipinski definition) is 2. The van der Waals surface area contributed by atoms with Crippen LogP contribution in [0.25, 0.3) is 0 Å². The Morgan fingerprint density at radius 3 is 2.62 bits per heavy atom. The van der Waals surface area contributed by atoms with Gasteiger partial charge in [0.2, 0.25) is 5.91 Å². The van der Waals surface area contributed by atoms with Crippen LogP contribution in [0.3, 0.4) is 0 Å². The normalized spacial score (nSPS) is 13.7. The highest BCUT2D eigenvalue weighted by molar-refractivity contribution is 5.83. The van der Waals surface area contributed by atoms with Crippen molar-refractivity contribution in [2.24, 2.45) is 5.92 Å². The molecule has 1 heterocycles. The smallest absolute Gasteiger partial charge is 0.228 e. The SMILES string of the molecule is CC[C@@H](C)[C@H](C(=O)NCc1n[nH]c(C)n1)c1ccccc1. The van der Waals surface area contributed by atoms with E-state index in [4.69, 9.17) is 0 Å². The van der Waals surface area contributed by atoms with Gasteiger partial charge in [0.15, 0.2) is 5.82 Å². The molecule has 0 unspecified atom stereocenters. The fourth-order valence-electron chi connectivity index (χ4n) is 2.38. The van der Waals surface area contributed by atoms with Crippen LogP contribution in [0.1, 0.15) is 43.4 Å². The molecule has 0 aliphatic carbocycles. The highest BCUT2D eigenvalue weighted by atomic mass is 16.1. The van der Waals surface area contributed by atoms with Crippen molar-refractivity contribution in [3.05, 3.63) is 47.5 Å². The predicted octanol–water partition coefficient (Wildman–Crippen LogP) is 2.56. The van der Waals surface area contributed by atoms with E-state index in [-0.39, 0.29) is 17.7 Å². The molecule has 0 aliphatic rings. The second kappa shape index (κ2) is 7.02. The average molecular weight is 286 g/mol. The maximum atomic E-state index is 12.5. The van der Waals surface area contributed by atoms with Gasteiger partial charge in [-0.3, -0.25) is 9.89 Å². The van der Waals surface area contributed by atoms with Gasteiger partial charge in [0.1, 0.15) is 5.82 Å². The molecule has 112 valence electrons. The third-order valence-corrected chi connectivity index (χ3v) is 3.72. The molecule has 2 rings (SSSR count). The van der Waals surface area contributed by atoms with Crippen LogP contribution >= 0.6 is 0 Å². The van der Waals surface area contributed by atoms with E-state index in [0.29, 0.717) is 12.4 Å². The quantitative estimate of drug-likeness (QED) is 0.857. The zero-order valence-corrected chi connectivity index (χ0v) is 12.8. The van der Waals surface area contributed by atoms with E-state index < -0.39 is 0 Å². The van der Waals surface area contributed by atoms with Crippen molar-refractivity contribution in [3.63, 3.8) is 0 Å². The van der Waals surface area contributed by atoms with Gasteiger partial charge in [-0.25, -0.2) is 4.98 Å². The molecule has 1 amide bonds. The Morgan fingerprint density at radius 2 is 2.05 bits per heavy atom. The van der Waals surface area contributed by atoms with Crippen molar-refractivity contribution in [1.82, 2.24) is 20.5 Å². The third-order valence-electron chi connectivity index (χ3n) is 3.72. The summed E-state index contributed by atoms with van der Waals surface area (Å²) < 4.78 is 0. The van der Waals surface area contributed by atoms with Crippen LogP contribution in [0.5, 0.6) is 0 Å². The number of aromatic nitrogens is 3. The van der Waals surface area contributed by atoms with Gasteiger partial charge in [-0.05, 0) is 18.4 Å². The van der Waals surface area contributed by atoms with E-state index in [1.54, 1.807) is 0 Å². The predicted molar refractivity (Wildman–Crippen MR) is 81.6 cm³/mol.